The Morgan fingerprint density at radius 1 is 1.25 bits per heavy atom. The molecule has 4 rings (SSSR count). The van der Waals surface area contributed by atoms with Crippen LogP contribution in [0.3, 0.4) is 0 Å². The summed E-state index contributed by atoms with van der Waals surface area (Å²) >= 11 is 5.56. The van der Waals surface area contributed by atoms with E-state index in [4.69, 9.17) is 18.8 Å². The lowest BCUT2D eigenvalue weighted by molar-refractivity contribution is -0.141. The molecule has 36 heavy (non-hydrogen) atoms. The lowest BCUT2D eigenvalue weighted by atomic mass is 10.0. The maximum Gasteiger partial charge on any atom is 0.259 e. The zero-order valence-electron chi connectivity index (χ0n) is 20.2. The molecule has 10 heteroatoms. The van der Waals surface area contributed by atoms with E-state index in [0.29, 0.717) is 37.2 Å². The van der Waals surface area contributed by atoms with E-state index >= 15 is 8.78 Å². The van der Waals surface area contributed by atoms with Gasteiger partial charge in [-0.1, -0.05) is 12.1 Å². The van der Waals surface area contributed by atoms with Crippen molar-refractivity contribution in [3.63, 3.8) is 0 Å². The van der Waals surface area contributed by atoms with E-state index in [-0.39, 0.29) is 34.4 Å². The fourth-order valence-electron chi connectivity index (χ4n) is 4.52. The highest BCUT2D eigenvalue weighted by molar-refractivity contribution is 7.81. The van der Waals surface area contributed by atoms with Crippen molar-refractivity contribution < 1.29 is 23.5 Å². The van der Waals surface area contributed by atoms with Gasteiger partial charge in [0, 0.05) is 25.2 Å². The third kappa shape index (κ3) is 4.33. The summed E-state index contributed by atoms with van der Waals surface area (Å²) in [5.41, 5.74) is -0.222. The number of thiocarbonyl (C=S) groups is 1. The van der Waals surface area contributed by atoms with Crippen LogP contribution in [0, 0.1) is 25.1 Å². The van der Waals surface area contributed by atoms with Gasteiger partial charge in [0.15, 0.2) is 10.8 Å². The monoisotopic (exact) mass is 512 g/mol. The standard InChI is InChI=1S/C26H26F2N4O3S/c1-15-20(29-4)10-11-21(23(15)28)31-24(35)26(2,3)32(25(31)36)17-9-8-16(19(27)12-17)6-5-7-22(34)30-13-18(33)14-30/h8-12,18,33H,5-7,13-14H2,1-3H3. The van der Waals surface area contributed by atoms with Crippen LogP contribution in [0.25, 0.3) is 4.85 Å². The number of β-amino-alcohol motifs (C(OH)–C–C–N with tert-alkyl or cyclic N) is 1. The van der Waals surface area contributed by atoms with Crippen LogP contribution >= 0.6 is 12.2 Å². The van der Waals surface area contributed by atoms with E-state index in [1.54, 1.807) is 30.9 Å². The van der Waals surface area contributed by atoms with Gasteiger partial charge in [0.2, 0.25) is 5.91 Å². The maximum atomic E-state index is 15.1. The molecule has 188 valence electrons. The minimum atomic E-state index is -1.21. The molecule has 0 unspecified atom stereocenters. The first-order chi connectivity index (χ1) is 17.0. The van der Waals surface area contributed by atoms with Gasteiger partial charge in [-0.2, -0.15) is 0 Å². The normalized spacial score (nSPS) is 17.4. The first-order valence-electron chi connectivity index (χ1n) is 11.6. The van der Waals surface area contributed by atoms with Crippen molar-refractivity contribution in [2.75, 3.05) is 22.9 Å². The third-order valence-corrected chi connectivity index (χ3v) is 7.08. The number of carbonyl (C=O) groups is 2. The van der Waals surface area contributed by atoms with E-state index in [1.165, 1.54) is 30.0 Å². The second-order valence-electron chi connectivity index (χ2n) is 9.55. The molecule has 0 spiro atoms. The molecule has 2 saturated heterocycles. The van der Waals surface area contributed by atoms with E-state index in [2.05, 4.69) is 4.85 Å². The summed E-state index contributed by atoms with van der Waals surface area (Å²) < 4.78 is 30.1. The quantitative estimate of drug-likeness (QED) is 0.463. The van der Waals surface area contributed by atoms with Gasteiger partial charge >= 0.3 is 0 Å². The Hall–Kier alpha value is -3.42. The molecule has 7 nitrogen and oxygen atoms in total. The zero-order valence-corrected chi connectivity index (χ0v) is 21.0. The van der Waals surface area contributed by atoms with Crippen LogP contribution in [-0.4, -0.2) is 51.7 Å². The van der Waals surface area contributed by atoms with Gasteiger partial charge in [-0.15, -0.1) is 0 Å². The number of nitrogens with zero attached hydrogens (tertiary/aromatic N) is 4. The largest absolute Gasteiger partial charge is 0.389 e. The number of hydrogen-bond acceptors (Lipinski definition) is 4. The van der Waals surface area contributed by atoms with Crippen molar-refractivity contribution in [2.45, 2.75) is 51.7 Å². The van der Waals surface area contributed by atoms with Gasteiger partial charge in [0.1, 0.15) is 17.2 Å². The van der Waals surface area contributed by atoms with Crippen molar-refractivity contribution in [3.8, 4) is 0 Å². The second kappa shape index (κ2) is 9.56. The van der Waals surface area contributed by atoms with Gasteiger partial charge in [-0.3, -0.25) is 14.5 Å². The van der Waals surface area contributed by atoms with Gasteiger partial charge < -0.3 is 14.9 Å². The summed E-state index contributed by atoms with van der Waals surface area (Å²) in [4.78, 5) is 32.8. The van der Waals surface area contributed by atoms with Crippen LogP contribution in [0.1, 0.15) is 37.8 Å². The molecule has 0 bridgehead atoms. The van der Waals surface area contributed by atoms with E-state index in [1.807, 2.05) is 0 Å². The average molecular weight is 513 g/mol. The molecular formula is C26H26F2N4O3S. The highest BCUT2D eigenvalue weighted by Gasteiger charge is 2.51. The highest BCUT2D eigenvalue weighted by atomic mass is 32.1. The Morgan fingerprint density at radius 2 is 1.94 bits per heavy atom. The lowest BCUT2D eigenvalue weighted by Crippen LogP contribution is -2.53. The molecule has 2 heterocycles. The molecule has 2 aliphatic heterocycles. The van der Waals surface area contributed by atoms with Gasteiger partial charge in [-0.05, 0) is 75.2 Å². The maximum absolute atomic E-state index is 15.1. The molecule has 0 aromatic heterocycles. The molecule has 2 aliphatic rings. The number of rotatable bonds is 6. The molecule has 0 radical (unpaired) electrons. The summed E-state index contributed by atoms with van der Waals surface area (Å²) in [6, 6.07) is 7.34. The fraction of sp³-hybridized carbons (Fsp3) is 0.385. The third-order valence-electron chi connectivity index (χ3n) is 6.71. The topological polar surface area (TPSA) is 68.5 Å². The number of halogens is 2. The minimum absolute atomic E-state index is 0.00773. The molecule has 2 amide bonds. The number of amides is 2. The van der Waals surface area contributed by atoms with Gasteiger partial charge in [-0.25, -0.2) is 13.6 Å². The molecular weight excluding hydrogens is 486 g/mol. The van der Waals surface area contributed by atoms with E-state index in [0.717, 1.165) is 4.90 Å². The van der Waals surface area contributed by atoms with Crippen LogP contribution in [0.15, 0.2) is 30.3 Å². The number of hydrogen-bond donors (Lipinski definition) is 1. The number of aliphatic hydroxyl groups is 1. The summed E-state index contributed by atoms with van der Waals surface area (Å²) in [6.07, 6.45) is 0.616. The Morgan fingerprint density at radius 3 is 2.56 bits per heavy atom. The first kappa shape index (κ1) is 25.7. The Bertz CT molecular complexity index is 1300. The van der Waals surface area contributed by atoms with Crippen molar-refractivity contribution in [1.29, 1.82) is 0 Å². The number of likely N-dealkylation sites (tertiary alicyclic amines) is 1. The molecule has 2 fully saturated rings. The molecule has 1 N–H and O–H groups in total. The zero-order chi connectivity index (χ0) is 26.4. The number of carbonyl (C=O) groups excluding carboxylic acids is 2. The van der Waals surface area contributed by atoms with Crippen LogP contribution in [0.5, 0.6) is 0 Å². The van der Waals surface area contributed by atoms with E-state index < -0.39 is 29.2 Å². The predicted molar refractivity (Wildman–Crippen MR) is 136 cm³/mol. The summed E-state index contributed by atoms with van der Waals surface area (Å²) in [6.45, 7) is 12.6. The molecule has 0 atom stereocenters. The minimum Gasteiger partial charge on any atom is -0.389 e. The summed E-state index contributed by atoms with van der Waals surface area (Å²) in [7, 11) is 0. The summed E-state index contributed by atoms with van der Waals surface area (Å²) in [5.74, 6) is -1.74. The Balaban J connectivity index is 1.53. The number of aryl methyl sites for hydroxylation is 1. The van der Waals surface area contributed by atoms with Crippen molar-refractivity contribution >= 4 is 46.2 Å². The number of benzene rings is 2. The Labute approximate surface area is 213 Å². The first-order valence-corrected chi connectivity index (χ1v) is 12.0. The van der Waals surface area contributed by atoms with Gasteiger partial charge in [0.05, 0.1) is 18.4 Å². The van der Waals surface area contributed by atoms with Crippen LogP contribution < -0.4 is 9.80 Å². The highest BCUT2D eigenvalue weighted by Crippen LogP contribution is 2.39. The number of anilines is 2. The van der Waals surface area contributed by atoms with Gasteiger partial charge in [0.25, 0.3) is 5.91 Å². The van der Waals surface area contributed by atoms with Crippen molar-refractivity contribution in [3.05, 3.63) is 64.5 Å². The van der Waals surface area contributed by atoms with Crippen LogP contribution in [0.4, 0.5) is 25.8 Å². The summed E-state index contributed by atoms with van der Waals surface area (Å²) in [5, 5.41) is 9.32. The SMILES string of the molecule is [C-]#[N+]c1ccc(N2C(=O)C(C)(C)N(c3ccc(CCCC(=O)N4CC(O)C4)c(F)c3)C2=S)c(F)c1C. The van der Waals surface area contributed by atoms with Crippen LogP contribution in [-0.2, 0) is 16.0 Å². The molecule has 2 aromatic rings. The smallest absolute Gasteiger partial charge is 0.259 e. The Kier molecular flexibility index (Phi) is 6.82. The lowest BCUT2D eigenvalue weighted by Gasteiger charge is -2.35. The van der Waals surface area contributed by atoms with Crippen LogP contribution in [0.2, 0.25) is 0 Å². The molecule has 0 saturated carbocycles. The molecule has 0 aliphatic carbocycles. The fourth-order valence-corrected chi connectivity index (χ4v) is 5.04. The van der Waals surface area contributed by atoms with Crippen molar-refractivity contribution in [2.24, 2.45) is 0 Å². The van der Waals surface area contributed by atoms with E-state index in [9.17, 15) is 14.7 Å². The van der Waals surface area contributed by atoms with Crippen molar-refractivity contribution in [1.82, 2.24) is 4.90 Å². The second-order valence-corrected chi connectivity index (χ2v) is 9.92. The average Bonchev–Trinajstić information content (AvgIpc) is 2.98. The predicted octanol–water partition coefficient (Wildman–Crippen LogP) is 4.27. The number of aliphatic hydroxyl groups excluding tert-OH is 1. The molecule has 2 aromatic carbocycles.